The smallest absolute Gasteiger partial charge is 0.242 e. The summed E-state index contributed by atoms with van der Waals surface area (Å²) in [6.45, 7) is 0.269. The van der Waals surface area contributed by atoms with E-state index in [0.717, 1.165) is 16.7 Å². The highest BCUT2D eigenvalue weighted by Crippen LogP contribution is 2.36. The van der Waals surface area contributed by atoms with Crippen LogP contribution in [-0.4, -0.2) is 52.9 Å². The van der Waals surface area contributed by atoms with Gasteiger partial charge in [-0.2, -0.15) is 0 Å². The normalized spacial score (nSPS) is 20.7. The van der Waals surface area contributed by atoms with Crippen molar-refractivity contribution < 1.29 is 19.7 Å². The summed E-state index contributed by atoms with van der Waals surface area (Å²) in [6.07, 6.45) is 3.55. The zero-order valence-corrected chi connectivity index (χ0v) is 23.8. The molecule has 0 fully saturated rings. The average molecular weight is 563 g/mol. The molecule has 0 heterocycles. The highest BCUT2D eigenvalue weighted by Gasteiger charge is 2.43. The Balaban J connectivity index is 1.57. The fraction of sp³-hybridized carbons (Fsp3) is 0.250. The van der Waals surface area contributed by atoms with Gasteiger partial charge in [0.2, 0.25) is 5.91 Å². The van der Waals surface area contributed by atoms with Gasteiger partial charge in [-0.3, -0.25) is 9.69 Å². The van der Waals surface area contributed by atoms with Gasteiger partial charge in [-0.15, -0.1) is 0 Å². The minimum absolute atomic E-state index is 0.150. The summed E-state index contributed by atoms with van der Waals surface area (Å²) in [7, 11) is 1.61. The molecule has 6 nitrogen and oxygen atoms in total. The van der Waals surface area contributed by atoms with E-state index in [1.54, 1.807) is 7.11 Å². The predicted octanol–water partition coefficient (Wildman–Crippen LogP) is 5.44. The maximum atomic E-state index is 14.3. The van der Waals surface area contributed by atoms with Gasteiger partial charge in [0.25, 0.3) is 0 Å². The van der Waals surface area contributed by atoms with Gasteiger partial charge in [0.1, 0.15) is 5.75 Å². The third kappa shape index (κ3) is 6.97. The summed E-state index contributed by atoms with van der Waals surface area (Å²) in [5.41, 5.74) is 3.67. The molecule has 42 heavy (non-hydrogen) atoms. The summed E-state index contributed by atoms with van der Waals surface area (Å²) in [4.78, 5) is 16.3. The van der Waals surface area contributed by atoms with Crippen LogP contribution >= 0.6 is 0 Å². The minimum Gasteiger partial charge on any atom is -0.497 e. The van der Waals surface area contributed by atoms with Crippen LogP contribution in [0, 0.1) is 5.92 Å². The number of carbonyl (C=O) groups is 1. The van der Waals surface area contributed by atoms with Gasteiger partial charge < -0.3 is 20.3 Å². The predicted molar refractivity (Wildman–Crippen MR) is 166 cm³/mol. The molecular formula is C36H38N2O4. The van der Waals surface area contributed by atoms with E-state index in [9.17, 15) is 15.0 Å². The van der Waals surface area contributed by atoms with Crippen LogP contribution in [0.1, 0.15) is 22.6 Å². The van der Waals surface area contributed by atoms with E-state index >= 15 is 0 Å². The first-order valence-electron chi connectivity index (χ1n) is 14.4. The van der Waals surface area contributed by atoms with Crippen molar-refractivity contribution in [2.75, 3.05) is 19.0 Å². The number of nitrogens with zero attached hydrogens (tertiary/aromatic N) is 1. The van der Waals surface area contributed by atoms with E-state index in [1.165, 1.54) is 0 Å². The molecule has 1 aliphatic rings. The van der Waals surface area contributed by atoms with Crippen LogP contribution < -0.4 is 10.1 Å². The number of rotatable bonds is 11. The van der Waals surface area contributed by atoms with Crippen molar-refractivity contribution >= 4 is 11.6 Å². The monoisotopic (exact) mass is 562 g/mol. The maximum Gasteiger partial charge on any atom is 0.242 e. The molecule has 1 aliphatic carbocycles. The second-order valence-corrected chi connectivity index (χ2v) is 10.7. The molecule has 1 amide bonds. The molecule has 0 saturated carbocycles. The Bertz CT molecular complexity index is 1430. The molecular weight excluding hydrogens is 524 g/mol. The van der Waals surface area contributed by atoms with Gasteiger partial charge in [-0.1, -0.05) is 103 Å². The quantitative estimate of drug-likeness (QED) is 0.212. The Labute approximate surface area is 247 Å². The Morgan fingerprint density at radius 1 is 0.833 bits per heavy atom. The van der Waals surface area contributed by atoms with Crippen molar-refractivity contribution in [2.45, 2.75) is 37.1 Å². The lowest BCUT2D eigenvalue weighted by Crippen LogP contribution is -2.58. The SMILES string of the molecule is COc1ccc(NC(=O)[C@@H](Cc2ccccc2)N(Cc2ccccc2)[C@@H]2[C@H](O)[C@H](c3ccccc3)C=C[C@H]2CO)cc1. The molecule has 3 N–H and O–H groups in total. The minimum atomic E-state index is -0.856. The first-order valence-corrected chi connectivity index (χ1v) is 14.4. The standard InChI is InChI=1S/C36H38N2O4/c1-42-31-20-18-30(19-21-31)37-36(41)33(23-26-11-5-2-6-12-26)38(24-27-13-7-3-8-14-27)34-29(25-39)17-22-32(35(34)40)28-15-9-4-10-16-28/h2-22,29,32-35,39-40H,23-25H2,1H3,(H,37,41)/t29-,32-,33+,34-,35+/m0/s1. The zero-order valence-electron chi connectivity index (χ0n) is 23.8. The van der Waals surface area contributed by atoms with Crippen LogP contribution in [0.4, 0.5) is 5.69 Å². The number of anilines is 1. The lowest BCUT2D eigenvalue weighted by Gasteiger charge is -2.46. The highest BCUT2D eigenvalue weighted by atomic mass is 16.5. The van der Waals surface area contributed by atoms with Gasteiger partial charge in [0.05, 0.1) is 25.9 Å². The van der Waals surface area contributed by atoms with Crippen molar-refractivity contribution in [1.82, 2.24) is 4.90 Å². The number of amides is 1. The molecule has 0 spiro atoms. The third-order valence-corrected chi connectivity index (χ3v) is 8.04. The molecule has 0 radical (unpaired) electrons. The molecule has 4 aromatic rings. The van der Waals surface area contributed by atoms with Gasteiger partial charge in [0.15, 0.2) is 0 Å². The Morgan fingerprint density at radius 3 is 2.02 bits per heavy atom. The summed E-state index contributed by atoms with van der Waals surface area (Å²) in [6, 6.07) is 35.9. The van der Waals surface area contributed by atoms with Crippen LogP contribution in [0.15, 0.2) is 127 Å². The first kappa shape index (κ1) is 29.3. The maximum absolute atomic E-state index is 14.3. The fourth-order valence-corrected chi connectivity index (χ4v) is 5.87. The molecule has 216 valence electrons. The second-order valence-electron chi connectivity index (χ2n) is 10.7. The molecule has 0 aliphatic heterocycles. The lowest BCUT2D eigenvalue weighted by atomic mass is 9.77. The number of carbonyl (C=O) groups excluding carboxylic acids is 1. The van der Waals surface area contributed by atoms with Crippen LogP contribution in [0.2, 0.25) is 0 Å². The summed E-state index contributed by atoms with van der Waals surface area (Å²) in [5.74, 6) is -0.126. The van der Waals surface area contributed by atoms with Gasteiger partial charge in [-0.25, -0.2) is 0 Å². The van der Waals surface area contributed by atoms with Gasteiger partial charge >= 0.3 is 0 Å². The topological polar surface area (TPSA) is 82.0 Å². The van der Waals surface area contributed by atoms with Crippen molar-refractivity contribution in [1.29, 1.82) is 0 Å². The number of hydrogen-bond donors (Lipinski definition) is 3. The van der Waals surface area contributed by atoms with Crippen molar-refractivity contribution in [3.63, 3.8) is 0 Å². The molecule has 6 heteroatoms. The zero-order chi connectivity index (χ0) is 29.3. The average Bonchev–Trinajstić information content (AvgIpc) is 3.04. The van der Waals surface area contributed by atoms with Gasteiger partial charge in [0, 0.05) is 30.1 Å². The molecule has 0 aromatic heterocycles. The largest absolute Gasteiger partial charge is 0.497 e. The first-order chi connectivity index (χ1) is 20.6. The number of methoxy groups -OCH3 is 1. The summed E-state index contributed by atoms with van der Waals surface area (Å²) in [5, 5.41) is 25.7. The number of aliphatic hydroxyl groups is 2. The van der Waals surface area contributed by atoms with E-state index in [1.807, 2.05) is 127 Å². The van der Waals surface area contributed by atoms with E-state index in [4.69, 9.17) is 4.74 Å². The highest BCUT2D eigenvalue weighted by molar-refractivity contribution is 5.95. The van der Waals surface area contributed by atoms with Crippen LogP contribution in [0.25, 0.3) is 0 Å². The second kappa shape index (κ2) is 14.1. The molecule has 0 saturated heterocycles. The number of ether oxygens (including phenoxy) is 1. The summed E-state index contributed by atoms with van der Waals surface area (Å²) < 4.78 is 5.29. The van der Waals surface area contributed by atoms with E-state index in [0.29, 0.717) is 24.4 Å². The van der Waals surface area contributed by atoms with Crippen LogP contribution in [-0.2, 0) is 17.8 Å². The van der Waals surface area contributed by atoms with E-state index < -0.39 is 18.2 Å². The third-order valence-electron chi connectivity index (χ3n) is 8.04. The molecule has 5 rings (SSSR count). The van der Waals surface area contributed by atoms with Crippen molar-refractivity contribution in [2.24, 2.45) is 5.92 Å². The fourth-order valence-electron chi connectivity index (χ4n) is 5.87. The molecule has 4 aromatic carbocycles. The molecule has 0 unspecified atom stereocenters. The number of aliphatic hydroxyl groups excluding tert-OH is 2. The van der Waals surface area contributed by atoms with Crippen molar-refractivity contribution in [3.8, 4) is 5.75 Å². The molecule has 5 atom stereocenters. The summed E-state index contributed by atoms with van der Waals surface area (Å²) >= 11 is 0. The van der Waals surface area contributed by atoms with E-state index in [2.05, 4.69) is 10.2 Å². The van der Waals surface area contributed by atoms with E-state index in [-0.39, 0.29) is 24.3 Å². The van der Waals surface area contributed by atoms with Crippen LogP contribution in [0.3, 0.4) is 0 Å². The van der Waals surface area contributed by atoms with Crippen molar-refractivity contribution in [3.05, 3.63) is 144 Å². The van der Waals surface area contributed by atoms with Gasteiger partial charge in [-0.05, 0) is 47.4 Å². The Hall–Kier alpha value is -4.23. The lowest BCUT2D eigenvalue weighted by molar-refractivity contribution is -0.125. The number of hydrogen-bond acceptors (Lipinski definition) is 5. The Morgan fingerprint density at radius 2 is 1.43 bits per heavy atom. The molecule has 0 bridgehead atoms. The van der Waals surface area contributed by atoms with Crippen LogP contribution in [0.5, 0.6) is 5.75 Å². The Kier molecular flexibility index (Phi) is 9.82. The number of benzene rings is 4. The number of nitrogens with one attached hydrogen (secondary N) is 1.